The minimum atomic E-state index is -2.73. The van der Waals surface area contributed by atoms with Gasteiger partial charge in [0.05, 0.1) is 18.4 Å². The second kappa shape index (κ2) is 3.97. The summed E-state index contributed by atoms with van der Waals surface area (Å²) in [5.41, 5.74) is 0.0298. The molecule has 0 aromatic carbocycles. The van der Waals surface area contributed by atoms with Crippen molar-refractivity contribution in [1.29, 1.82) is 0 Å². The number of hydrogen-bond donors (Lipinski definition) is 0. The third-order valence-corrected chi connectivity index (χ3v) is 1.31. The lowest BCUT2D eigenvalue weighted by molar-refractivity contribution is 0.0516. The van der Waals surface area contributed by atoms with Gasteiger partial charge in [-0.25, -0.2) is 9.48 Å². The summed E-state index contributed by atoms with van der Waals surface area (Å²) in [6.07, 6.45) is 1.99. The van der Waals surface area contributed by atoms with Crippen LogP contribution < -0.4 is 0 Å². The van der Waals surface area contributed by atoms with Gasteiger partial charge in [0.25, 0.3) is 0 Å². The number of aromatic nitrogens is 2. The molecule has 0 bridgehead atoms. The first kappa shape index (κ1) is 9.63. The molecule has 1 rings (SSSR count). The van der Waals surface area contributed by atoms with Crippen LogP contribution in [-0.4, -0.2) is 22.4 Å². The molecule has 6 heteroatoms. The van der Waals surface area contributed by atoms with Crippen molar-refractivity contribution < 1.29 is 18.3 Å². The fraction of sp³-hybridized carbons (Fsp3) is 0.429. The molecule has 0 radical (unpaired) electrons. The van der Waals surface area contributed by atoms with Gasteiger partial charge < -0.3 is 4.74 Å². The van der Waals surface area contributed by atoms with Gasteiger partial charge in [0.2, 0.25) is 0 Å². The maximum atomic E-state index is 12.0. The van der Waals surface area contributed by atoms with E-state index in [1.807, 2.05) is 0 Å². The number of halogens is 2. The number of ether oxygens (including phenoxy) is 1. The van der Waals surface area contributed by atoms with E-state index in [-0.39, 0.29) is 12.2 Å². The molecule has 0 atom stereocenters. The Kier molecular flexibility index (Phi) is 2.94. The lowest BCUT2D eigenvalue weighted by atomic mass is 10.4. The molecule has 72 valence electrons. The average Bonchev–Trinajstić information content (AvgIpc) is 2.52. The van der Waals surface area contributed by atoms with Gasteiger partial charge in [-0.1, -0.05) is 0 Å². The second-order valence-corrected chi connectivity index (χ2v) is 2.21. The SMILES string of the molecule is CCOC(=O)c1cnn(C(F)F)c1. The van der Waals surface area contributed by atoms with Crippen LogP contribution >= 0.6 is 0 Å². The van der Waals surface area contributed by atoms with Crippen molar-refractivity contribution in [2.45, 2.75) is 13.5 Å². The van der Waals surface area contributed by atoms with Crippen LogP contribution in [0.25, 0.3) is 0 Å². The Morgan fingerprint density at radius 2 is 2.46 bits per heavy atom. The number of hydrogen-bond acceptors (Lipinski definition) is 3. The third-order valence-electron chi connectivity index (χ3n) is 1.31. The smallest absolute Gasteiger partial charge is 0.341 e. The first-order valence-corrected chi connectivity index (χ1v) is 3.64. The Balaban J connectivity index is 2.73. The highest BCUT2D eigenvalue weighted by Gasteiger charge is 2.12. The monoisotopic (exact) mass is 190 g/mol. The van der Waals surface area contributed by atoms with Crippen molar-refractivity contribution in [1.82, 2.24) is 9.78 Å². The summed E-state index contributed by atoms with van der Waals surface area (Å²) in [4.78, 5) is 11.0. The summed E-state index contributed by atoms with van der Waals surface area (Å²) < 4.78 is 28.9. The third kappa shape index (κ3) is 2.24. The normalized spacial score (nSPS) is 10.5. The van der Waals surface area contributed by atoms with E-state index in [1.54, 1.807) is 6.92 Å². The maximum absolute atomic E-state index is 12.0. The zero-order valence-electron chi connectivity index (χ0n) is 6.91. The molecule has 13 heavy (non-hydrogen) atoms. The van der Waals surface area contributed by atoms with Crippen LogP contribution in [0.15, 0.2) is 12.4 Å². The highest BCUT2D eigenvalue weighted by Crippen LogP contribution is 2.09. The first-order valence-electron chi connectivity index (χ1n) is 3.64. The molecule has 0 N–H and O–H groups in total. The Labute approximate surface area is 73.1 Å². The summed E-state index contributed by atoms with van der Waals surface area (Å²) in [7, 11) is 0. The van der Waals surface area contributed by atoms with E-state index >= 15 is 0 Å². The predicted molar refractivity (Wildman–Crippen MR) is 39.4 cm³/mol. The Morgan fingerprint density at radius 1 is 1.77 bits per heavy atom. The van der Waals surface area contributed by atoms with Crippen LogP contribution in [0.5, 0.6) is 0 Å². The maximum Gasteiger partial charge on any atom is 0.341 e. The molecule has 0 saturated heterocycles. The Hall–Kier alpha value is -1.46. The highest BCUT2D eigenvalue weighted by molar-refractivity contribution is 5.88. The van der Waals surface area contributed by atoms with Gasteiger partial charge in [0.15, 0.2) is 0 Å². The molecular weight excluding hydrogens is 182 g/mol. The minimum Gasteiger partial charge on any atom is -0.462 e. The Morgan fingerprint density at radius 3 is 2.92 bits per heavy atom. The van der Waals surface area contributed by atoms with Gasteiger partial charge in [0.1, 0.15) is 0 Å². The zero-order valence-corrected chi connectivity index (χ0v) is 6.91. The molecule has 0 saturated carbocycles. The molecule has 0 fully saturated rings. The molecule has 0 aliphatic rings. The van der Waals surface area contributed by atoms with E-state index in [0.717, 1.165) is 12.4 Å². The molecule has 1 aromatic heterocycles. The highest BCUT2D eigenvalue weighted by atomic mass is 19.3. The van der Waals surface area contributed by atoms with Gasteiger partial charge in [0, 0.05) is 6.20 Å². The summed E-state index contributed by atoms with van der Waals surface area (Å²) in [6, 6.07) is 0. The topological polar surface area (TPSA) is 44.1 Å². The molecule has 0 unspecified atom stereocenters. The van der Waals surface area contributed by atoms with E-state index in [1.165, 1.54) is 0 Å². The summed E-state index contributed by atoms with van der Waals surface area (Å²) in [5.74, 6) is -0.644. The van der Waals surface area contributed by atoms with Crippen molar-refractivity contribution in [2.75, 3.05) is 6.61 Å². The van der Waals surface area contributed by atoms with E-state index in [9.17, 15) is 13.6 Å². The van der Waals surface area contributed by atoms with Crippen molar-refractivity contribution >= 4 is 5.97 Å². The minimum absolute atomic E-state index is 0.0298. The van der Waals surface area contributed by atoms with Gasteiger partial charge >= 0.3 is 12.5 Å². The number of carbonyl (C=O) groups is 1. The number of nitrogens with zero attached hydrogens (tertiary/aromatic N) is 2. The molecule has 1 heterocycles. The average molecular weight is 190 g/mol. The molecule has 0 aliphatic carbocycles. The van der Waals surface area contributed by atoms with Crippen LogP contribution in [0.4, 0.5) is 8.78 Å². The molecule has 0 spiro atoms. The summed E-state index contributed by atoms with van der Waals surface area (Å²) in [6.45, 7) is -0.892. The fourth-order valence-electron chi connectivity index (χ4n) is 0.765. The van der Waals surface area contributed by atoms with Crippen LogP contribution in [0.3, 0.4) is 0 Å². The number of esters is 1. The lowest BCUT2D eigenvalue weighted by Gasteiger charge is -1.97. The number of carbonyl (C=O) groups excluding carboxylic acids is 1. The molecular formula is C7H8F2N2O2. The van der Waals surface area contributed by atoms with E-state index in [4.69, 9.17) is 0 Å². The zero-order chi connectivity index (χ0) is 9.84. The van der Waals surface area contributed by atoms with Crippen molar-refractivity contribution in [2.24, 2.45) is 0 Å². The lowest BCUT2D eigenvalue weighted by Crippen LogP contribution is -2.03. The van der Waals surface area contributed by atoms with Gasteiger partial charge in [-0.05, 0) is 6.92 Å². The quantitative estimate of drug-likeness (QED) is 0.677. The van der Waals surface area contributed by atoms with Gasteiger partial charge in [-0.2, -0.15) is 13.9 Å². The van der Waals surface area contributed by atoms with Crippen LogP contribution in [0, 0.1) is 0 Å². The number of alkyl halides is 2. The fourth-order valence-corrected chi connectivity index (χ4v) is 0.765. The van der Waals surface area contributed by atoms with Crippen molar-refractivity contribution in [3.8, 4) is 0 Å². The van der Waals surface area contributed by atoms with E-state index < -0.39 is 12.5 Å². The standard InChI is InChI=1S/C7H8F2N2O2/c1-2-13-6(12)5-3-10-11(4-5)7(8)9/h3-4,7H,2H2,1H3. The van der Waals surface area contributed by atoms with E-state index in [2.05, 4.69) is 9.84 Å². The van der Waals surface area contributed by atoms with Crippen LogP contribution in [-0.2, 0) is 4.74 Å². The van der Waals surface area contributed by atoms with Gasteiger partial charge in [-0.15, -0.1) is 0 Å². The largest absolute Gasteiger partial charge is 0.462 e. The van der Waals surface area contributed by atoms with E-state index in [0.29, 0.717) is 4.68 Å². The Bertz CT molecular complexity index is 298. The first-order chi connectivity index (χ1) is 6.15. The molecule has 4 nitrogen and oxygen atoms in total. The molecule has 1 aromatic rings. The summed E-state index contributed by atoms with van der Waals surface area (Å²) in [5, 5.41) is 3.28. The molecule has 0 amide bonds. The predicted octanol–water partition coefficient (Wildman–Crippen LogP) is 1.45. The van der Waals surface area contributed by atoms with Gasteiger partial charge in [-0.3, -0.25) is 0 Å². The van der Waals surface area contributed by atoms with Crippen LogP contribution in [0.1, 0.15) is 23.8 Å². The van der Waals surface area contributed by atoms with Crippen LogP contribution in [0.2, 0.25) is 0 Å². The second-order valence-electron chi connectivity index (χ2n) is 2.21. The number of rotatable bonds is 3. The summed E-state index contributed by atoms with van der Waals surface area (Å²) >= 11 is 0. The van der Waals surface area contributed by atoms with Crippen molar-refractivity contribution in [3.05, 3.63) is 18.0 Å². The van der Waals surface area contributed by atoms with Crippen molar-refractivity contribution in [3.63, 3.8) is 0 Å². The molecule has 0 aliphatic heterocycles.